The van der Waals surface area contributed by atoms with Crippen LogP contribution >= 0.6 is 0 Å². The summed E-state index contributed by atoms with van der Waals surface area (Å²) in [5.74, 6) is -0.229. The first-order valence-electron chi connectivity index (χ1n) is 9.84. The monoisotopic (exact) mass is 398 g/mol. The summed E-state index contributed by atoms with van der Waals surface area (Å²) in [5.41, 5.74) is 0.694. The van der Waals surface area contributed by atoms with Gasteiger partial charge in [0.15, 0.2) is 5.76 Å². The van der Waals surface area contributed by atoms with Crippen LogP contribution in [-0.4, -0.2) is 77.2 Å². The second-order valence-electron chi connectivity index (χ2n) is 7.07. The van der Waals surface area contributed by atoms with E-state index in [0.717, 1.165) is 12.8 Å². The molecule has 8 nitrogen and oxygen atoms in total. The molecule has 3 heterocycles. The Hall–Kier alpha value is -3.16. The lowest BCUT2D eigenvalue weighted by molar-refractivity contribution is 0.0518. The summed E-state index contributed by atoms with van der Waals surface area (Å²) >= 11 is 0. The topological polar surface area (TPSA) is 87.0 Å². The smallest absolute Gasteiger partial charge is 0.289 e. The lowest BCUT2D eigenvalue weighted by atomic mass is 10.1. The van der Waals surface area contributed by atoms with Crippen LogP contribution in [0.1, 0.15) is 51.2 Å². The van der Waals surface area contributed by atoms with Crippen LogP contribution < -0.4 is 0 Å². The van der Waals surface area contributed by atoms with E-state index >= 15 is 0 Å². The molecule has 2 aromatic heterocycles. The summed E-state index contributed by atoms with van der Waals surface area (Å²) < 4.78 is 5.16. The summed E-state index contributed by atoms with van der Waals surface area (Å²) in [5, 5.41) is 0. The first-order valence-corrected chi connectivity index (χ1v) is 9.84. The van der Waals surface area contributed by atoms with Crippen LogP contribution in [0.15, 0.2) is 41.1 Å². The lowest BCUT2D eigenvalue weighted by Gasteiger charge is -2.34. The fraction of sp³-hybridized carbons (Fsp3) is 0.429. The highest BCUT2D eigenvalue weighted by Crippen LogP contribution is 2.13. The number of carbonyl (C=O) groups is 3. The number of hydrogen-bond donors (Lipinski definition) is 0. The normalized spacial score (nSPS) is 14.0. The van der Waals surface area contributed by atoms with Crippen LogP contribution in [0.5, 0.6) is 0 Å². The molecular formula is C21H26N4O4. The molecule has 3 rings (SSSR count). The molecule has 154 valence electrons. The third-order valence-electron chi connectivity index (χ3n) is 5.01. The van der Waals surface area contributed by atoms with Gasteiger partial charge in [0.25, 0.3) is 17.7 Å². The van der Waals surface area contributed by atoms with Crippen molar-refractivity contribution in [2.75, 3.05) is 39.8 Å². The van der Waals surface area contributed by atoms with E-state index in [9.17, 15) is 14.4 Å². The summed E-state index contributed by atoms with van der Waals surface area (Å²) in [7, 11) is 1.74. The van der Waals surface area contributed by atoms with Crippen molar-refractivity contribution >= 4 is 17.7 Å². The zero-order valence-corrected chi connectivity index (χ0v) is 16.8. The molecule has 0 spiro atoms. The van der Waals surface area contributed by atoms with Crippen LogP contribution in [0.3, 0.4) is 0 Å². The van der Waals surface area contributed by atoms with Crippen molar-refractivity contribution in [2.24, 2.45) is 0 Å². The number of rotatable bonds is 6. The number of piperazine rings is 1. The minimum atomic E-state index is -0.193. The summed E-state index contributed by atoms with van der Waals surface area (Å²) in [6, 6.07) is 6.47. The number of amides is 3. The highest BCUT2D eigenvalue weighted by Gasteiger charge is 2.27. The number of carbonyl (C=O) groups excluding carboxylic acids is 3. The molecular weight excluding hydrogens is 372 g/mol. The molecule has 0 aromatic carbocycles. The molecule has 1 aliphatic heterocycles. The van der Waals surface area contributed by atoms with Crippen LogP contribution in [0.4, 0.5) is 0 Å². The van der Waals surface area contributed by atoms with Crippen molar-refractivity contribution in [3.05, 3.63) is 53.7 Å². The maximum atomic E-state index is 12.9. The predicted molar refractivity (Wildman–Crippen MR) is 107 cm³/mol. The Morgan fingerprint density at radius 1 is 1.10 bits per heavy atom. The maximum absolute atomic E-state index is 12.9. The molecule has 3 amide bonds. The Kier molecular flexibility index (Phi) is 6.64. The Labute approximate surface area is 170 Å². The lowest BCUT2D eigenvalue weighted by Crippen LogP contribution is -2.50. The fourth-order valence-corrected chi connectivity index (χ4v) is 3.22. The number of hydrogen-bond acceptors (Lipinski definition) is 5. The largest absolute Gasteiger partial charge is 0.459 e. The fourth-order valence-electron chi connectivity index (χ4n) is 3.22. The molecule has 0 radical (unpaired) electrons. The van der Waals surface area contributed by atoms with Crippen molar-refractivity contribution in [3.8, 4) is 0 Å². The van der Waals surface area contributed by atoms with E-state index in [4.69, 9.17) is 4.42 Å². The van der Waals surface area contributed by atoms with Gasteiger partial charge in [-0.2, -0.15) is 0 Å². The number of furan rings is 1. The van der Waals surface area contributed by atoms with E-state index in [0.29, 0.717) is 44.0 Å². The molecule has 2 aromatic rings. The quantitative estimate of drug-likeness (QED) is 0.744. The minimum Gasteiger partial charge on any atom is -0.459 e. The van der Waals surface area contributed by atoms with E-state index in [1.165, 1.54) is 12.5 Å². The number of aromatic nitrogens is 1. The highest BCUT2D eigenvalue weighted by atomic mass is 16.3. The Morgan fingerprint density at radius 3 is 2.41 bits per heavy atom. The van der Waals surface area contributed by atoms with Crippen LogP contribution in [-0.2, 0) is 0 Å². The van der Waals surface area contributed by atoms with E-state index in [1.807, 2.05) is 0 Å². The van der Waals surface area contributed by atoms with Gasteiger partial charge in [-0.25, -0.2) is 0 Å². The predicted octanol–water partition coefficient (Wildman–Crippen LogP) is 2.14. The van der Waals surface area contributed by atoms with Gasteiger partial charge in [0, 0.05) is 51.5 Å². The molecule has 1 fully saturated rings. The number of pyridine rings is 1. The zero-order chi connectivity index (χ0) is 20.8. The second kappa shape index (κ2) is 9.36. The molecule has 1 saturated heterocycles. The van der Waals surface area contributed by atoms with Gasteiger partial charge in [0.05, 0.1) is 6.26 Å². The van der Waals surface area contributed by atoms with Crippen LogP contribution in [0.2, 0.25) is 0 Å². The van der Waals surface area contributed by atoms with Crippen LogP contribution in [0.25, 0.3) is 0 Å². The van der Waals surface area contributed by atoms with Gasteiger partial charge in [0.1, 0.15) is 5.69 Å². The number of nitrogens with zero attached hydrogens (tertiary/aromatic N) is 4. The molecule has 0 bridgehead atoms. The molecule has 29 heavy (non-hydrogen) atoms. The van der Waals surface area contributed by atoms with Crippen molar-refractivity contribution in [3.63, 3.8) is 0 Å². The van der Waals surface area contributed by atoms with Gasteiger partial charge >= 0.3 is 0 Å². The highest BCUT2D eigenvalue weighted by molar-refractivity contribution is 5.98. The van der Waals surface area contributed by atoms with E-state index in [2.05, 4.69) is 11.9 Å². The van der Waals surface area contributed by atoms with Crippen molar-refractivity contribution in [2.45, 2.75) is 19.8 Å². The molecule has 0 saturated carbocycles. The Morgan fingerprint density at radius 2 is 1.79 bits per heavy atom. The van der Waals surface area contributed by atoms with E-state index in [-0.39, 0.29) is 23.4 Å². The van der Waals surface area contributed by atoms with Gasteiger partial charge in [-0.05, 0) is 30.7 Å². The summed E-state index contributed by atoms with van der Waals surface area (Å²) in [6.07, 6.45) is 4.87. The van der Waals surface area contributed by atoms with Crippen molar-refractivity contribution < 1.29 is 18.8 Å². The third kappa shape index (κ3) is 4.82. The minimum absolute atomic E-state index is 0.164. The first kappa shape index (κ1) is 20.6. The van der Waals surface area contributed by atoms with Gasteiger partial charge in [-0.1, -0.05) is 13.3 Å². The Bertz CT molecular complexity index is 857. The zero-order valence-electron chi connectivity index (χ0n) is 16.8. The first-order chi connectivity index (χ1) is 14.0. The SMILES string of the molecule is CCCCN(C)C(=O)c1cc(C(=O)N2CCN(C(=O)c3ccco3)CC2)ccn1. The van der Waals surface area contributed by atoms with E-state index in [1.54, 1.807) is 46.0 Å². The summed E-state index contributed by atoms with van der Waals surface area (Å²) in [4.78, 5) is 46.9. The standard InChI is InChI=1S/C21H26N4O4/c1-3-4-9-23(2)20(27)17-15-16(7-8-22-17)19(26)24-10-12-25(13-11-24)21(28)18-6-5-14-29-18/h5-8,14-15H,3-4,9-13H2,1-2H3. The van der Waals surface area contributed by atoms with E-state index < -0.39 is 0 Å². The van der Waals surface area contributed by atoms with Crippen molar-refractivity contribution in [1.29, 1.82) is 0 Å². The molecule has 0 aliphatic carbocycles. The van der Waals surface area contributed by atoms with Gasteiger partial charge in [-0.3, -0.25) is 19.4 Å². The number of unbranched alkanes of at least 4 members (excludes halogenated alkanes) is 1. The molecule has 0 unspecified atom stereocenters. The maximum Gasteiger partial charge on any atom is 0.289 e. The molecule has 1 aliphatic rings. The van der Waals surface area contributed by atoms with Crippen molar-refractivity contribution in [1.82, 2.24) is 19.7 Å². The molecule has 0 N–H and O–H groups in total. The summed E-state index contributed by atoms with van der Waals surface area (Å²) in [6.45, 7) is 4.43. The third-order valence-corrected chi connectivity index (χ3v) is 5.01. The average molecular weight is 398 g/mol. The van der Waals surface area contributed by atoms with Crippen LogP contribution in [0, 0.1) is 0 Å². The van der Waals surface area contributed by atoms with Gasteiger partial charge < -0.3 is 19.1 Å². The molecule has 8 heteroatoms. The second-order valence-corrected chi connectivity index (χ2v) is 7.07. The van der Waals surface area contributed by atoms with Gasteiger partial charge in [-0.15, -0.1) is 0 Å². The molecule has 0 atom stereocenters. The average Bonchev–Trinajstić information content (AvgIpc) is 3.31. The van der Waals surface area contributed by atoms with Gasteiger partial charge in [0.2, 0.25) is 0 Å². The Balaban J connectivity index is 1.61.